The average Bonchev–Trinajstić information content (AvgIpc) is 2.92. The Hall–Kier alpha value is -1.95. The van der Waals surface area contributed by atoms with Crippen molar-refractivity contribution >= 4 is 5.69 Å². The number of methoxy groups -OCH3 is 1. The highest BCUT2D eigenvalue weighted by Gasteiger charge is 2.06. The molecule has 0 fully saturated rings. The van der Waals surface area contributed by atoms with E-state index in [2.05, 4.69) is 17.5 Å². The molecule has 0 aromatic heterocycles. The van der Waals surface area contributed by atoms with Gasteiger partial charge in [-0.3, -0.25) is 0 Å². The summed E-state index contributed by atoms with van der Waals surface area (Å²) in [7, 11) is 1.63. The van der Waals surface area contributed by atoms with Crippen LogP contribution in [0.3, 0.4) is 0 Å². The molecule has 0 heterocycles. The van der Waals surface area contributed by atoms with Crippen molar-refractivity contribution in [3.63, 3.8) is 0 Å². The molecular formula is C15H18N2O. The minimum atomic E-state index is 0.663. The summed E-state index contributed by atoms with van der Waals surface area (Å²) in [6, 6.07) is 7.67. The standard InChI is InChI=1S/C15H18N2O/c1-18-14-7-6-13(11-16)15(10-14)17-9-8-12-4-2-3-5-12/h4,6-7,10,17H,2-3,5,8-9H2,1H3. The third-order valence-electron chi connectivity index (χ3n) is 3.24. The van der Waals surface area contributed by atoms with Gasteiger partial charge in [-0.05, 0) is 37.8 Å². The SMILES string of the molecule is COc1ccc(C#N)c(NCCC2=CCCC2)c1. The minimum absolute atomic E-state index is 0.663. The van der Waals surface area contributed by atoms with Crippen molar-refractivity contribution < 1.29 is 4.74 Å². The maximum Gasteiger partial charge on any atom is 0.121 e. The van der Waals surface area contributed by atoms with E-state index in [1.54, 1.807) is 13.2 Å². The number of hydrogen-bond donors (Lipinski definition) is 1. The van der Waals surface area contributed by atoms with Gasteiger partial charge in [0.1, 0.15) is 11.8 Å². The molecule has 0 aliphatic heterocycles. The first-order valence-electron chi connectivity index (χ1n) is 6.33. The van der Waals surface area contributed by atoms with Gasteiger partial charge in [0.2, 0.25) is 0 Å². The molecule has 0 unspecified atom stereocenters. The fourth-order valence-corrected chi connectivity index (χ4v) is 2.22. The molecule has 1 aliphatic carbocycles. The second kappa shape index (κ2) is 6.11. The van der Waals surface area contributed by atoms with Crippen LogP contribution in [-0.2, 0) is 0 Å². The first kappa shape index (κ1) is 12.5. The normalized spacial score (nSPS) is 13.9. The number of hydrogen-bond acceptors (Lipinski definition) is 3. The van der Waals surface area contributed by atoms with Crippen LogP contribution in [0, 0.1) is 11.3 Å². The second-order valence-electron chi connectivity index (χ2n) is 4.45. The van der Waals surface area contributed by atoms with Gasteiger partial charge in [0, 0.05) is 12.6 Å². The van der Waals surface area contributed by atoms with E-state index < -0.39 is 0 Å². The van der Waals surface area contributed by atoms with Crippen LogP contribution in [0.5, 0.6) is 5.75 Å². The van der Waals surface area contributed by atoms with Gasteiger partial charge in [-0.25, -0.2) is 0 Å². The van der Waals surface area contributed by atoms with Crippen LogP contribution in [0.2, 0.25) is 0 Å². The van der Waals surface area contributed by atoms with Crippen molar-refractivity contribution in [2.45, 2.75) is 25.7 Å². The highest BCUT2D eigenvalue weighted by Crippen LogP contribution is 2.23. The number of nitrogens with one attached hydrogen (secondary N) is 1. The van der Waals surface area contributed by atoms with Crippen LogP contribution in [-0.4, -0.2) is 13.7 Å². The molecule has 0 saturated carbocycles. The Morgan fingerprint density at radius 2 is 2.33 bits per heavy atom. The van der Waals surface area contributed by atoms with E-state index in [1.807, 2.05) is 12.1 Å². The zero-order valence-corrected chi connectivity index (χ0v) is 10.7. The molecular weight excluding hydrogens is 224 g/mol. The summed E-state index contributed by atoms with van der Waals surface area (Å²) in [6.45, 7) is 0.869. The molecule has 0 bridgehead atoms. The van der Waals surface area contributed by atoms with Gasteiger partial charge in [-0.2, -0.15) is 5.26 Å². The molecule has 3 heteroatoms. The number of nitrogens with zero attached hydrogens (tertiary/aromatic N) is 1. The number of rotatable bonds is 5. The van der Waals surface area contributed by atoms with E-state index in [1.165, 1.54) is 24.8 Å². The highest BCUT2D eigenvalue weighted by atomic mass is 16.5. The van der Waals surface area contributed by atoms with Crippen molar-refractivity contribution in [1.82, 2.24) is 0 Å². The number of benzene rings is 1. The Morgan fingerprint density at radius 3 is 3.00 bits per heavy atom. The third kappa shape index (κ3) is 3.04. The largest absolute Gasteiger partial charge is 0.497 e. The Labute approximate surface area is 108 Å². The maximum atomic E-state index is 9.05. The lowest BCUT2D eigenvalue weighted by Gasteiger charge is -2.10. The van der Waals surface area contributed by atoms with E-state index in [9.17, 15) is 0 Å². The van der Waals surface area contributed by atoms with Crippen molar-refractivity contribution in [3.05, 3.63) is 35.4 Å². The summed E-state index contributed by atoms with van der Waals surface area (Å²) in [6.07, 6.45) is 7.13. The van der Waals surface area contributed by atoms with Crippen molar-refractivity contribution in [3.8, 4) is 11.8 Å². The molecule has 94 valence electrons. The van der Waals surface area contributed by atoms with Gasteiger partial charge in [0.05, 0.1) is 18.4 Å². The van der Waals surface area contributed by atoms with E-state index in [4.69, 9.17) is 10.00 Å². The Bertz CT molecular complexity index is 486. The Balaban J connectivity index is 1.96. The van der Waals surface area contributed by atoms with E-state index in [0.29, 0.717) is 5.56 Å². The quantitative estimate of drug-likeness (QED) is 0.804. The third-order valence-corrected chi connectivity index (χ3v) is 3.24. The minimum Gasteiger partial charge on any atom is -0.497 e. The van der Waals surface area contributed by atoms with Crippen LogP contribution in [0.4, 0.5) is 5.69 Å². The molecule has 0 spiro atoms. The summed E-state index contributed by atoms with van der Waals surface area (Å²) in [5, 5.41) is 12.4. The number of nitriles is 1. The first-order chi connectivity index (χ1) is 8.83. The summed E-state index contributed by atoms with van der Waals surface area (Å²) in [5.41, 5.74) is 3.05. The van der Waals surface area contributed by atoms with Crippen LogP contribution < -0.4 is 10.1 Å². The van der Waals surface area contributed by atoms with Gasteiger partial charge in [-0.1, -0.05) is 11.6 Å². The fraction of sp³-hybridized carbons (Fsp3) is 0.400. The van der Waals surface area contributed by atoms with Crippen molar-refractivity contribution in [2.75, 3.05) is 19.0 Å². The molecule has 0 saturated heterocycles. The predicted octanol–water partition coefficient (Wildman–Crippen LogP) is 3.48. The lowest BCUT2D eigenvalue weighted by molar-refractivity contribution is 0.415. The predicted molar refractivity (Wildman–Crippen MR) is 72.7 cm³/mol. The number of allylic oxidation sites excluding steroid dienone is 1. The average molecular weight is 242 g/mol. The van der Waals surface area contributed by atoms with E-state index >= 15 is 0 Å². The van der Waals surface area contributed by atoms with Crippen LogP contribution in [0.25, 0.3) is 0 Å². The summed E-state index contributed by atoms with van der Waals surface area (Å²) in [4.78, 5) is 0. The monoisotopic (exact) mass is 242 g/mol. The number of ether oxygens (including phenoxy) is 1. The lowest BCUT2D eigenvalue weighted by atomic mass is 10.1. The molecule has 0 radical (unpaired) electrons. The molecule has 1 aliphatic rings. The zero-order valence-electron chi connectivity index (χ0n) is 10.7. The molecule has 18 heavy (non-hydrogen) atoms. The van der Waals surface area contributed by atoms with Crippen LogP contribution in [0.15, 0.2) is 29.8 Å². The van der Waals surface area contributed by atoms with Crippen molar-refractivity contribution in [2.24, 2.45) is 0 Å². The summed E-state index contributed by atoms with van der Waals surface area (Å²) < 4.78 is 5.17. The highest BCUT2D eigenvalue weighted by molar-refractivity contribution is 5.60. The molecule has 0 amide bonds. The molecule has 0 atom stereocenters. The topological polar surface area (TPSA) is 45.0 Å². The van der Waals surface area contributed by atoms with Gasteiger partial charge >= 0.3 is 0 Å². The van der Waals surface area contributed by atoms with E-state index in [0.717, 1.165) is 24.4 Å². The molecule has 3 nitrogen and oxygen atoms in total. The molecule has 2 rings (SSSR count). The number of anilines is 1. The Kier molecular flexibility index (Phi) is 4.25. The molecule has 1 aromatic rings. The first-order valence-corrected chi connectivity index (χ1v) is 6.33. The Morgan fingerprint density at radius 1 is 1.44 bits per heavy atom. The van der Waals surface area contributed by atoms with Gasteiger partial charge in [0.25, 0.3) is 0 Å². The maximum absolute atomic E-state index is 9.05. The van der Waals surface area contributed by atoms with Crippen LogP contribution in [0.1, 0.15) is 31.2 Å². The van der Waals surface area contributed by atoms with E-state index in [-0.39, 0.29) is 0 Å². The fourth-order valence-electron chi connectivity index (χ4n) is 2.22. The van der Waals surface area contributed by atoms with Gasteiger partial charge in [-0.15, -0.1) is 0 Å². The summed E-state index contributed by atoms with van der Waals surface area (Å²) >= 11 is 0. The molecule has 1 N–H and O–H groups in total. The lowest BCUT2D eigenvalue weighted by Crippen LogP contribution is -2.04. The smallest absolute Gasteiger partial charge is 0.121 e. The summed E-state index contributed by atoms with van der Waals surface area (Å²) in [5.74, 6) is 0.775. The van der Waals surface area contributed by atoms with Crippen LogP contribution >= 0.6 is 0 Å². The van der Waals surface area contributed by atoms with Gasteiger partial charge in [0.15, 0.2) is 0 Å². The zero-order chi connectivity index (χ0) is 12.8. The van der Waals surface area contributed by atoms with Crippen molar-refractivity contribution in [1.29, 1.82) is 5.26 Å². The second-order valence-corrected chi connectivity index (χ2v) is 4.45. The molecule has 1 aromatic carbocycles. The van der Waals surface area contributed by atoms with Gasteiger partial charge < -0.3 is 10.1 Å².